The van der Waals surface area contributed by atoms with Crippen LogP contribution in [0.4, 0.5) is 5.69 Å². The number of aryl methyl sites for hydroxylation is 1. The van der Waals surface area contributed by atoms with Crippen molar-refractivity contribution in [1.29, 1.82) is 0 Å². The van der Waals surface area contributed by atoms with Crippen LogP contribution in [-0.2, 0) is 10.0 Å². The lowest BCUT2D eigenvalue weighted by Crippen LogP contribution is -2.28. The minimum absolute atomic E-state index is 0.158. The summed E-state index contributed by atoms with van der Waals surface area (Å²) in [4.78, 5) is 12.4. The Hall–Kier alpha value is -2.34. The van der Waals surface area contributed by atoms with Gasteiger partial charge < -0.3 is 5.32 Å². The molecular formula is C18H22N2O3S. The van der Waals surface area contributed by atoms with E-state index in [0.717, 1.165) is 5.56 Å². The van der Waals surface area contributed by atoms with Crippen molar-refractivity contribution in [3.63, 3.8) is 0 Å². The van der Waals surface area contributed by atoms with Crippen LogP contribution in [-0.4, -0.2) is 20.9 Å². The van der Waals surface area contributed by atoms with Crippen LogP contribution in [0, 0.1) is 12.8 Å². The van der Waals surface area contributed by atoms with Crippen LogP contribution in [0.15, 0.2) is 53.4 Å². The Kier molecular flexibility index (Phi) is 5.62. The van der Waals surface area contributed by atoms with Crippen molar-refractivity contribution in [2.24, 2.45) is 5.92 Å². The van der Waals surface area contributed by atoms with E-state index >= 15 is 0 Å². The van der Waals surface area contributed by atoms with Crippen LogP contribution in [0.1, 0.15) is 29.8 Å². The van der Waals surface area contributed by atoms with Gasteiger partial charge in [0, 0.05) is 6.54 Å². The van der Waals surface area contributed by atoms with Crippen LogP contribution in [0.3, 0.4) is 0 Å². The van der Waals surface area contributed by atoms with Crippen molar-refractivity contribution in [2.75, 3.05) is 11.3 Å². The number of hydrogen-bond donors (Lipinski definition) is 2. The Morgan fingerprint density at radius 2 is 1.67 bits per heavy atom. The van der Waals surface area contributed by atoms with Gasteiger partial charge in [-0.05, 0) is 37.1 Å². The van der Waals surface area contributed by atoms with E-state index in [2.05, 4.69) is 10.0 Å². The van der Waals surface area contributed by atoms with E-state index in [1.807, 2.05) is 20.8 Å². The van der Waals surface area contributed by atoms with Crippen LogP contribution < -0.4 is 10.0 Å². The molecule has 0 radical (unpaired) electrons. The average Bonchev–Trinajstić information content (AvgIpc) is 2.53. The highest BCUT2D eigenvalue weighted by Crippen LogP contribution is 2.20. The summed E-state index contributed by atoms with van der Waals surface area (Å²) >= 11 is 0. The Morgan fingerprint density at radius 1 is 1.04 bits per heavy atom. The number of rotatable bonds is 6. The van der Waals surface area contributed by atoms with Gasteiger partial charge in [-0.25, -0.2) is 8.42 Å². The number of carbonyl (C=O) groups excluding carboxylic acids is 1. The molecule has 0 saturated heterocycles. The molecule has 6 heteroatoms. The van der Waals surface area contributed by atoms with Gasteiger partial charge in [-0.15, -0.1) is 0 Å². The molecule has 0 aromatic heterocycles. The molecule has 0 heterocycles. The second kappa shape index (κ2) is 7.49. The fourth-order valence-electron chi connectivity index (χ4n) is 2.08. The third kappa shape index (κ3) is 4.58. The van der Waals surface area contributed by atoms with E-state index in [4.69, 9.17) is 0 Å². The predicted molar refractivity (Wildman–Crippen MR) is 95.6 cm³/mol. The molecule has 0 aliphatic heterocycles. The summed E-state index contributed by atoms with van der Waals surface area (Å²) in [5, 5.41) is 2.80. The van der Waals surface area contributed by atoms with Gasteiger partial charge in [0.25, 0.3) is 15.9 Å². The van der Waals surface area contributed by atoms with Crippen molar-refractivity contribution in [2.45, 2.75) is 25.7 Å². The fraction of sp³-hybridized carbons (Fsp3) is 0.278. The van der Waals surface area contributed by atoms with Crippen LogP contribution >= 0.6 is 0 Å². The molecule has 2 rings (SSSR count). The molecule has 2 aromatic carbocycles. The molecule has 0 fully saturated rings. The minimum Gasteiger partial charge on any atom is -0.352 e. The summed E-state index contributed by atoms with van der Waals surface area (Å²) in [6.07, 6.45) is 0. The van der Waals surface area contributed by atoms with E-state index in [1.54, 1.807) is 48.5 Å². The number of para-hydroxylation sites is 1. The SMILES string of the molecule is Cc1ccc(S(=O)(=O)Nc2ccccc2C(=O)NCC(C)C)cc1. The molecule has 0 unspecified atom stereocenters. The highest BCUT2D eigenvalue weighted by atomic mass is 32.2. The van der Waals surface area contributed by atoms with Crippen molar-refractivity contribution in [1.82, 2.24) is 5.32 Å². The number of nitrogens with one attached hydrogen (secondary N) is 2. The third-order valence-electron chi connectivity index (χ3n) is 3.42. The summed E-state index contributed by atoms with van der Waals surface area (Å²) in [6.45, 7) is 6.40. The van der Waals surface area contributed by atoms with Crippen LogP contribution in [0.25, 0.3) is 0 Å². The van der Waals surface area contributed by atoms with Gasteiger partial charge in [0.1, 0.15) is 0 Å². The van der Waals surface area contributed by atoms with E-state index in [0.29, 0.717) is 18.0 Å². The largest absolute Gasteiger partial charge is 0.352 e. The number of anilines is 1. The first kappa shape index (κ1) is 18.0. The van der Waals surface area contributed by atoms with Crippen LogP contribution in [0.2, 0.25) is 0 Å². The van der Waals surface area contributed by atoms with E-state index < -0.39 is 10.0 Å². The summed E-state index contributed by atoms with van der Waals surface area (Å²) in [6, 6.07) is 13.1. The van der Waals surface area contributed by atoms with Crippen molar-refractivity contribution in [3.05, 3.63) is 59.7 Å². The Balaban J connectivity index is 2.26. The molecule has 0 aliphatic carbocycles. The molecule has 128 valence electrons. The molecule has 0 aliphatic rings. The predicted octanol–water partition coefficient (Wildman–Crippen LogP) is 3.18. The topological polar surface area (TPSA) is 75.3 Å². The maximum absolute atomic E-state index is 12.5. The molecular weight excluding hydrogens is 324 g/mol. The molecule has 0 atom stereocenters. The van der Waals surface area contributed by atoms with Gasteiger partial charge in [0.15, 0.2) is 0 Å². The molecule has 0 spiro atoms. The maximum Gasteiger partial charge on any atom is 0.261 e. The standard InChI is InChI=1S/C18H22N2O3S/c1-13(2)12-19-18(21)16-6-4-5-7-17(16)20-24(22,23)15-10-8-14(3)9-11-15/h4-11,13,20H,12H2,1-3H3,(H,19,21). The molecule has 2 aromatic rings. The van der Waals surface area contributed by atoms with Gasteiger partial charge in [-0.1, -0.05) is 43.7 Å². The molecule has 24 heavy (non-hydrogen) atoms. The maximum atomic E-state index is 12.5. The van der Waals surface area contributed by atoms with Gasteiger partial charge in [-0.3, -0.25) is 9.52 Å². The van der Waals surface area contributed by atoms with Gasteiger partial charge in [0.2, 0.25) is 0 Å². The first-order chi connectivity index (χ1) is 11.3. The lowest BCUT2D eigenvalue weighted by molar-refractivity contribution is 0.0950. The van der Waals surface area contributed by atoms with Crippen molar-refractivity contribution < 1.29 is 13.2 Å². The Bertz CT molecular complexity index is 812. The molecule has 2 N–H and O–H groups in total. The van der Waals surface area contributed by atoms with Gasteiger partial charge in [-0.2, -0.15) is 0 Å². The Morgan fingerprint density at radius 3 is 2.29 bits per heavy atom. The second-order valence-corrected chi connectivity index (χ2v) is 7.75. The molecule has 5 nitrogen and oxygen atoms in total. The lowest BCUT2D eigenvalue weighted by atomic mass is 10.1. The number of carbonyl (C=O) groups is 1. The molecule has 0 bridgehead atoms. The summed E-state index contributed by atoms with van der Waals surface area (Å²) in [7, 11) is -3.75. The lowest BCUT2D eigenvalue weighted by Gasteiger charge is -2.13. The quantitative estimate of drug-likeness (QED) is 0.843. The zero-order valence-electron chi connectivity index (χ0n) is 14.0. The minimum atomic E-state index is -3.75. The second-order valence-electron chi connectivity index (χ2n) is 6.07. The zero-order chi connectivity index (χ0) is 17.7. The number of hydrogen-bond acceptors (Lipinski definition) is 3. The Labute approximate surface area is 143 Å². The highest BCUT2D eigenvalue weighted by Gasteiger charge is 2.18. The number of sulfonamides is 1. The summed E-state index contributed by atoms with van der Waals surface area (Å²) < 4.78 is 27.5. The number of benzene rings is 2. The molecule has 0 saturated carbocycles. The van der Waals surface area contributed by atoms with E-state index in [-0.39, 0.29) is 16.5 Å². The number of amides is 1. The first-order valence-corrected chi connectivity index (χ1v) is 9.24. The monoisotopic (exact) mass is 346 g/mol. The third-order valence-corrected chi connectivity index (χ3v) is 4.80. The highest BCUT2D eigenvalue weighted by molar-refractivity contribution is 7.92. The average molecular weight is 346 g/mol. The zero-order valence-corrected chi connectivity index (χ0v) is 14.9. The van der Waals surface area contributed by atoms with Crippen molar-refractivity contribution >= 4 is 21.6 Å². The van der Waals surface area contributed by atoms with E-state index in [1.165, 1.54) is 0 Å². The van der Waals surface area contributed by atoms with Crippen LogP contribution in [0.5, 0.6) is 0 Å². The van der Waals surface area contributed by atoms with Gasteiger partial charge >= 0.3 is 0 Å². The normalized spacial score (nSPS) is 11.3. The van der Waals surface area contributed by atoms with E-state index in [9.17, 15) is 13.2 Å². The first-order valence-electron chi connectivity index (χ1n) is 7.76. The van der Waals surface area contributed by atoms with Gasteiger partial charge in [0.05, 0.1) is 16.1 Å². The smallest absolute Gasteiger partial charge is 0.261 e. The summed E-state index contributed by atoms with van der Waals surface area (Å²) in [5.41, 5.74) is 1.54. The fourth-order valence-corrected chi connectivity index (χ4v) is 3.16. The molecule has 1 amide bonds. The van der Waals surface area contributed by atoms with Crippen molar-refractivity contribution in [3.8, 4) is 0 Å². The summed E-state index contributed by atoms with van der Waals surface area (Å²) in [5.74, 6) is 0.0104.